The van der Waals surface area contributed by atoms with Crippen LogP contribution in [0.4, 0.5) is 0 Å². The fraction of sp³-hybridized carbons (Fsp3) is 0.533. The van der Waals surface area contributed by atoms with Crippen LogP contribution in [0.3, 0.4) is 0 Å². The Morgan fingerprint density at radius 3 is 2.62 bits per heavy atom. The molecule has 1 N–H and O–H groups in total. The highest BCUT2D eigenvalue weighted by Crippen LogP contribution is 2.28. The molecule has 2 rings (SSSR count). The van der Waals surface area contributed by atoms with E-state index in [1.54, 1.807) is 24.3 Å². The molecule has 2 atom stereocenters. The van der Waals surface area contributed by atoms with E-state index < -0.39 is 22.2 Å². The van der Waals surface area contributed by atoms with Gasteiger partial charge < -0.3 is 9.90 Å². The van der Waals surface area contributed by atoms with Crippen LogP contribution in [0.15, 0.2) is 29.2 Å². The summed E-state index contributed by atoms with van der Waals surface area (Å²) in [7, 11) is -3.63. The standard InChI is InChI=1S/C15H21NO4S/c1-12-6-8-13(9-7-12)21(19,20)16-10-2-5-15(18)14(16)4-3-11-17/h6-9,11,14-15,18H,2-5,10H2,1H3/t14-,15+/m0/s1. The molecule has 1 heterocycles. The van der Waals surface area contributed by atoms with Crippen molar-refractivity contribution < 1.29 is 18.3 Å². The summed E-state index contributed by atoms with van der Waals surface area (Å²) in [4.78, 5) is 10.8. The van der Waals surface area contributed by atoms with Gasteiger partial charge in [0.25, 0.3) is 0 Å². The molecular weight excluding hydrogens is 290 g/mol. The minimum Gasteiger partial charge on any atom is -0.391 e. The van der Waals surface area contributed by atoms with Gasteiger partial charge in [0.1, 0.15) is 6.29 Å². The fourth-order valence-electron chi connectivity index (χ4n) is 2.73. The summed E-state index contributed by atoms with van der Waals surface area (Å²) in [6.45, 7) is 2.28. The highest BCUT2D eigenvalue weighted by atomic mass is 32.2. The van der Waals surface area contributed by atoms with Gasteiger partial charge in [0.05, 0.1) is 17.0 Å². The second-order valence-electron chi connectivity index (χ2n) is 5.45. The molecule has 0 bridgehead atoms. The molecule has 1 aromatic carbocycles. The first-order valence-corrected chi connectivity index (χ1v) is 8.61. The molecular formula is C15H21NO4S. The highest BCUT2D eigenvalue weighted by molar-refractivity contribution is 7.89. The molecule has 0 unspecified atom stereocenters. The van der Waals surface area contributed by atoms with E-state index >= 15 is 0 Å². The predicted octanol–water partition coefficient (Wildman–Crippen LogP) is 1.49. The Kier molecular flexibility index (Phi) is 5.13. The Morgan fingerprint density at radius 1 is 1.33 bits per heavy atom. The summed E-state index contributed by atoms with van der Waals surface area (Å²) in [6.07, 6.45) is 1.86. The number of nitrogens with zero attached hydrogens (tertiary/aromatic N) is 1. The van der Waals surface area contributed by atoms with Gasteiger partial charge in [0, 0.05) is 13.0 Å². The van der Waals surface area contributed by atoms with Crippen molar-refractivity contribution in [2.75, 3.05) is 6.54 Å². The summed E-state index contributed by atoms with van der Waals surface area (Å²) in [5.74, 6) is 0. The van der Waals surface area contributed by atoms with Crippen LogP contribution in [-0.4, -0.2) is 42.8 Å². The number of hydrogen-bond acceptors (Lipinski definition) is 4. The Hall–Kier alpha value is -1.24. The van der Waals surface area contributed by atoms with Crippen LogP contribution < -0.4 is 0 Å². The number of aliphatic hydroxyl groups is 1. The number of carbonyl (C=O) groups excluding carboxylic acids is 1. The van der Waals surface area contributed by atoms with Gasteiger partial charge >= 0.3 is 0 Å². The maximum Gasteiger partial charge on any atom is 0.243 e. The van der Waals surface area contributed by atoms with E-state index in [-0.39, 0.29) is 11.3 Å². The molecule has 0 spiro atoms. The Balaban J connectivity index is 2.30. The van der Waals surface area contributed by atoms with Gasteiger partial charge in [0.2, 0.25) is 10.0 Å². The smallest absolute Gasteiger partial charge is 0.243 e. The molecule has 116 valence electrons. The minimum absolute atomic E-state index is 0.235. The second-order valence-corrected chi connectivity index (χ2v) is 7.34. The molecule has 0 saturated carbocycles. The zero-order valence-electron chi connectivity index (χ0n) is 12.1. The molecule has 0 aliphatic carbocycles. The van der Waals surface area contributed by atoms with E-state index in [1.165, 1.54) is 4.31 Å². The number of benzene rings is 1. The number of aryl methyl sites for hydroxylation is 1. The first kappa shape index (κ1) is 16.1. The number of piperidine rings is 1. The molecule has 0 radical (unpaired) electrons. The first-order chi connectivity index (χ1) is 9.96. The molecule has 1 aliphatic rings. The lowest BCUT2D eigenvalue weighted by atomic mass is 9.97. The lowest BCUT2D eigenvalue weighted by Crippen LogP contribution is -2.50. The van der Waals surface area contributed by atoms with E-state index in [4.69, 9.17) is 0 Å². The summed E-state index contributed by atoms with van der Waals surface area (Å²) in [5, 5.41) is 10.1. The van der Waals surface area contributed by atoms with Crippen LogP contribution in [0.25, 0.3) is 0 Å². The third kappa shape index (κ3) is 3.51. The number of sulfonamides is 1. The summed E-state index contributed by atoms with van der Waals surface area (Å²) in [6, 6.07) is 6.17. The molecule has 0 aromatic heterocycles. The van der Waals surface area contributed by atoms with Gasteiger partial charge in [-0.05, 0) is 38.3 Å². The highest BCUT2D eigenvalue weighted by Gasteiger charge is 2.37. The van der Waals surface area contributed by atoms with E-state index in [2.05, 4.69) is 0 Å². The van der Waals surface area contributed by atoms with Crippen molar-refractivity contribution in [3.8, 4) is 0 Å². The molecule has 1 aromatic rings. The fourth-order valence-corrected chi connectivity index (χ4v) is 4.45. The van der Waals surface area contributed by atoms with Gasteiger partial charge in [-0.2, -0.15) is 4.31 Å². The largest absolute Gasteiger partial charge is 0.391 e. The average Bonchev–Trinajstić information content (AvgIpc) is 2.46. The van der Waals surface area contributed by atoms with Crippen molar-refractivity contribution in [2.45, 2.75) is 49.6 Å². The van der Waals surface area contributed by atoms with Crippen molar-refractivity contribution in [1.82, 2.24) is 4.31 Å². The monoisotopic (exact) mass is 311 g/mol. The normalized spacial score (nSPS) is 23.9. The van der Waals surface area contributed by atoms with Crippen molar-refractivity contribution in [3.63, 3.8) is 0 Å². The van der Waals surface area contributed by atoms with Crippen LogP contribution >= 0.6 is 0 Å². The average molecular weight is 311 g/mol. The summed E-state index contributed by atoms with van der Waals surface area (Å²) >= 11 is 0. The molecule has 6 heteroatoms. The van der Waals surface area contributed by atoms with Crippen LogP contribution in [0.2, 0.25) is 0 Å². The maximum absolute atomic E-state index is 12.7. The van der Waals surface area contributed by atoms with Gasteiger partial charge in [-0.25, -0.2) is 8.42 Å². The Morgan fingerprint density at radius 2 is 2.00 bits per heavy atom. The van der Waals surface area contributed by atoms with Gasteiger partial charge in [-0.3, -0.25) is 0 Å². The third-order valence-corrected chi connectivity index (χ3v) is 5.84. The molecule has 1 fully saturated rings. The molecule has 1 saturated heterocycles. The summed E-state index contributed by atoms with van der Waals surface area (Å²) in [5.41, 5.74) is 0.991. The number of aldehydes is 1. The van der Waals surface area contributed by atoms with Gasteiger partial charge in [0.15, 0.2) is 0 Å². The lowest BCUT2D eigenvalue weighted by molar-refractivity contribution is -0.108. The Bertz CT molecular complexity index is 582. The molecule has 1 aliphatic heterocycles. The summed E-state index contributed by atoms with van der Waals surface area (Å²) < 4.78 is 26.8. The molecule has 5 nitrogen and oxygen atoms in total. The van der Waals surface area contributed by atoms with Gasteiger partial charge in [-0.15, -0.1) is 0 Å². The minimum atomic E-state index is -3.63. The topological polar surface area (TPSA) is 74.7 Å². The number of aliphatic hydroxyl groups excluding tert-OH is 1. The van der Waals surface area contributed by atoms with Crippen LogP contribution in [0, 0.1) is 6.92 Å². The quantitative estimate of drug-likeness (QED) is 0.836. The van der Waals surface area contributed by atoms with E-state index in [0.717, 1.165) is 11.8 Å². The SMILES string of the molecule is Cc1ccc(S(=O)(=O)N2CCC[C@@H](O)[C@@H]2CCC=O)cc1. The van der Waals surface area contributed by atoms with Crippen LogP contribution in [0.1, 0.15) is 31.2 Å². The van der Waals surface area contributed by atoms with E-state index in [0.29, 0.717) is 25.8 Å². The zero-order chi connectivity index (χ0) is 15.5. The van der Waals surface area contributed by atoms with Crippen molar-refractivity contribution in [3.05, 3.63) is 29.8 Å². The van der Waals surface area contributed by atoms with Crippen molar-refractivity contribution in [1.29, 1.82) is 0 Å². The Labute approximate surface area is 125 Å². The first-order valence-electron chi connectivity index (χ1n) is 7.17. The van der Waals surface area contributed by atoms with Crippen molar-refractivity contribution in [2.24, 2.45) is 0 Å². The van der Waals surface area contributed by atoms with Crippen LogP contribution in [0.5, 0.6) is 0 Å². The molecule has 21 heavy (non-hydrogen) atoms. The van der Waals surface area contributed by atoms with Crippen molar-refractivity contribution >= 4 is 16.3 Å². The number of hydrogen-bond donors (Lipinski definition) is 1. The van der Waals surface area contributed by atoms with E-state index in [9.17, 15) is 18.3 Å². The second kappa shape index (κ2) is 6.68. The maximum atomic E-state index is 12.7. The van der Waals surface area contributed by atoms with E-state index in [1.807, 2.05) is 6.92 Å². The van der Waals surface area contributed by atoms with Crippen LogP contribution in [-0.2, 0) is 14.8 Å². The third-order valence-electron chi connectivity index (χ3n) is 3.90. The number of rotatable bonds is 5. The zero-order valence-corrected chi connectivity index (χ0v) is 12.9. The van der Waals surface area contributed by atoms with Gasteiger partial charge in [-0.1, -0.05) is 17.7 Å². The lowest BCUT2D eigenvalue weighted by Gasteiger charge is -2.37. The number of carbonyl (C=O) groups is 1. The predicted molar refractivity (Wildman–Crippen MR) is 79.4 cm³/mol. The molecule has 0 amide bonds.